The number of aliphatic carboxylic acids is 1. The number of nitrogens with two attached hydrogens (primary N) is 1. The van der Waals surface area contributed by atoms with Gasteiger partial charge in [0.05, 0.1) is 0 Å². The van der Waals surface area contributed by atoms with Crippen molar-refractivity contribution < 1.29 is 14.7 Å². The SMILES string of the molecule is N=C(N)c1ccc(N2CCN(C(=O)NCCCCC(=O)O)CC2)cc1. The average Bonchev–Trinajstić information content (AvgIpc) is 2.61. The topological polar surface area (TPSA) is 123 Å². The van der Waals surface area contributed by atoms with Gasteiger partial charge in [-0.3, -0.25) is 10.2 Å². The minimum atomic E-state index is -0.807. The predicted octanol–water partition coefficient (Wildman–Crippen LogP) is 1.06. The van der Waals surface area contributed by atoms with Crippen molar-refractivity contribution in [1.29, 1.82) is 5.41 Å². The largest absolute Gasteiger partial charge is 0.481 e. The Morgan fingerprint density at radius 3 is 2.32 bits per heavy atom. The highest BCUT2D eigenvalue weighted by Gasteiger charge is 2.21. The number of piperazine rings is 1. The van der Waals surface area contributed by atoms with Crippen molar-refractivity contribution >= 4 is 23.5 Å². The third-order valence-electron chi connectivity index (χ3n) is 4.20. The van der Waals surface area contributed by atoms with E-state index in [0.29, 0.717) is 38.0 Å². The number of unbranched alkanes of at least 4 members (excludes halogenated alkanes) is 1. The van der Waals surface area contributed by atoms with E-state index in [1.54, 1.807) is 4.90 Å². The first kappa shape index (κ1) is 18.6. The van der Waals surface area contributed by atoms with Gasteiger partial charge >= 0.3 is 12.0 Å². The summed E-state index contributed by atoms with van der Waals surface area (Å²) in [5.74, 6) is -0.754. The van der Waals surface area contributed by atoms with Crippen LogP contribution in [-0.4, -0.2) is 60.6 Å². The Morgan fingerprint density at radius 1 is 1.12 bits per heavy atom. The smallest absolute Gasteiger partial charge is 0.317 e. The number of hydrogen-bond donors (Lipinski definition) is 4. The molecule has 136 valence electrons. The normalized spacial score (nSPS) is 14.2. The molecule has 1 aliphatic heterocycles. The molecule has 5 N–H and O–H groups in total. The van der Waals surface area contributed by atoms with Crippen LogP contribution in [0.3, 0.4) is 0 Å². The number of urea groups is 1. The molecule has 1 aromatic carbocycles. The molecule has 1 aromatic rings. The van der Waals surface area contributed by atoms with Crippen molar-refractivity contribution in [1.82, 2.24) is 10.2 Å². The van der Waals surface area contributed by atoms with Crippen LogP contribution in [0.15, 0.2) is 24.3 Å². The second-order valence-electron chi connectivity index (χ2n) is 6.02. The van der Waals surface area contributed by atoms with Crippen LogP contribution in [0.1, 0.15) is 24.8 Å². The molecule has 1 aliphatic rings. The van der Waals surface area contributed by atoms with E-state index in [4.69, 9.17) is 16.2 Å². The number of amides is 2. The number of carboxylic acids is 1. The zero-order valence-corrected chi connectivity index (χ0v) is 14.2. The van der Waals surface area contributed by atoms with Crippen molar-refractivity contribution in [2.75, 3.05) is 37.6 Å². The highest BCUT2D eigenvalue weighted by atomic mass is 16.4. The summed E-state index contributed by atoms with van der Waals surface area (Å²) >= 11 is 0. The molecule has 1 saturated heterocycles. The molecule has 2 amide bonds. The first-order valence-electron chi connectivity index (χ1n) is 8.41. The van der Waals surface area contributed by atoms with Gasteiger partial charge in [-0.25, -0.2) is 4.79 Å². The number of rotatable bonds is 7. The maximum atomic E-state index is 12.1. The molecule has 8 nitrogen and oxygen atoms in total. The zero-order chi connectivity index (χ0) is 18.2. The Hall–Kier alpha value is -2.77. The quantitative estimate of drug-likeness (QED) is 0.334. The number of hydrogen-bond acceptors (Lipinski definition) is 4. The summed E-state index contributed by atoms with van der Waals surface area (Å²) in [6.07, 6.45) is 1.37. The first-order chi connectivity index (χ1) is 12.0. The van der Waals surface area contributed by atoms with Crippen LogP contribution in [0.4, 0.5) is 10.5 Å². The Kier molecular flexibility index (Phi) is 6.62. The van der Waals surface area contributed by atoms with E-state index in [9.17, 15) is 9.59 Å². The highest BCUT2D eigenvalue weighted by Crippen LogP contribution is 2.17. The number of carboxylic acid groups (broad SMARTS) is 1. The fourth-order valence-electron chi connectivity index (χ4n) is 2.73. The van der Waals surface area contributed by atoms with Crippen LogP contribution in [0.25, 0.3) is 0 Å². The monoisotopic (exact) mass is 347 g/mol. The molecule has 25 heavy (non-hydrogen) atoms. The number of nitrogen functional groups attached to an aromatic ring is 1. The van der Waals surface area contributed by atoms with E-state index in [0.717, 1.165) is 18.8 Å². The number of carbonyl (C=O) groups excluding carboxylic acids is 1. The molecular formula is C17H25N5O3. The lowest BCUT2D eigenvalue weighted by atomic mass is 10.1. The molecule has 1 fully saturated rings. The first-order valence-corrected chi connectivity index (χ1v) is 8.41. The van der Waals surface area contributed by atoms with E-state index in [-0.39, 0.29) is 18.3 Å². The van der Waals surface area contributed by atoms with E-state index in [1.165, 1.54) is 0 Å². The number of carbonyl (C=O) groups is 2. The molecule has 0 aromatic heterocycles. The van der Waals surface area contributed by atoms with Gasteiger partial charge in [-0.2, -0.15) is 0 Å². The summed E-state index contributed by atoms with van der Waals surface area (Å²) in [6, 6.07) is 7.44. The molecule has 0 spiro atoms. The van der Waals surface area contributed by atoms with Crippen molar-refractivity contribution in [3.05, 3.63) is 29.8 Å². The number of nitrogens with zero attached hydrogens (tertiary/aromatic N) is 2. The molecule has 1 heterocycles. The second-order valence-corrected chi connectivity index (χ2v) is 6.02. The van der Waals surface area contributed by atoms with Gasteiger partial charge < -0.3 is 26.0 Å². The fourth-order valence-corrected chi connectivity index (χ4v) is 2.73. The maximum Gasteiger partial charge on any atom is 0.317 e. The summed E-state index contributed by atoms with van der Waals surface area (Å²) in [5.41, 5.74) is 7.21. The van der Waals surface area contributed by atoms with E-state index in [1.807, 2.05) is 24.3 Å². The van der Waals surface area contributed by atoms with Crippen LogP contribution in [0.5, 0.6) is 0 Å². The lowest BCUT2D eigenvalue weighted by Gasteiger charge is -2.36. The molecule has 0 saturated carbocycles. The number of benzene rings is 1. The summed E-state index contributed by atoms with van der Waals surface area (Å²) in [5, 5.41) is 18.8. The van der Waals surface area contributed by atoms with Crippen molar-refractivity contribution in [3.8, 4) is 0 Å². The molecule has 8 heteroatoms. The van der Waals surface area contributed by atoms with Crippen LogP contribution < -0.4 is 16.0 Å². The third-order valence-corrected chi connectivity index (χ3v) is 4.20. The van der Waals surface area contributed by atoms with Crippen molar-refractivity contribution in [2.24, 2.45) is 5.73 Å². The van der Waals surface area contributed by atoms with Crippen molar-refractivity contribution in [2.45, 2.75) is 19.3 Å². The Morgan fingerprint density at radius 2 is 1.76 bits per heavy atom. The van der Waals surface area contributed by atoms with Gasteiger partial charge in [-0.1, -0.05) is 0 Å². The van der Waals surface area contributed by atoms with E-state index < -0.39 is 5.97 Å². The van der Waals surface area contributed by atoms with Crippen LogP contribution in [0, 0.1) is 5.41 Å². The molecule has 0 unspecified atom stereocenters. The van der Waals surface area contributed by atoms with Gasteiger partial charge in [0, 0.05) is 50.4 Å². The number of nitrogens with one attached hydrogen (secondary N) is 2. The average molecular weight is 347 g/mol. The van der Waals surface area contributed by atoms with Gasteiger partial charge in [-0.15, -0.1) is 0 Å². The molecular weight excluding hydrogens is 322 g/mol. The van der Waals surface area contributed by atoms with Gasteiger partial charge in [0.15, 0.2) is 0 Å². The van der Waals surface area contributed by atoms with Gasteiger partial charge in [0.25, 0.3) is 0 Å². The van der Waals surface area contributed by atoms with Gasteiger partial charge in [0.2, 0.25) is 0 Å². The maximum absolute atomic E-state index is 12.1. The Labute approximate surface area is 147 Å². The van der Waals surface area contributed by atoms with Gasteiger partial charge in [0.1, 0.15) is 5.84 Å². The van der Waals surface area contributed by atoms with E-state index >= 15 is 0 Å². The van der Waals surface area contributed by atoms with Crippen LogP contribution in [0.2, 0.25) is 0 Å². The number of anilines is 1. The third kappa shape index (κ3) is 5.66. The van der Waals surface area contributed by atoms with Crippen molar-refractivity contribution in [3.63, 3.8) is 0 Å². The van der Waals surface area contributed by atoms with Crippen LogP contribution in [-0.2, 0) is 4.79 Å². The summed E-state index contributed by atoms with van der Waals surface area (Å²) < 4.78 is 0. The summed E-state index contributed by atoms with van der Waals surface area (Å²) in [7, 11) is 0. The molecule has 2 rings (SSSR count). The van der Waals surface area contributed by atoms with E-state index in [2.05, 4.69) is 10.2 Å². The fraction of sp³-hybridized carbons (Fsp3) is 0.471. The minimum absolute atomic E-state index is 0.0522. The zero-order valence-electron chi connectivity index (χ0n) is 14.2. The van der Waals surface area contributed by atoms with Crippen LogP contribution >= 0.6 is 0 Å². The molecule has 0 bridgehead atoms. The minimum Gasteiger partial charge on any atom is -0.481 e. The molecule has 0 atom stereocenters. The lowest BCUT2D eigenvalue weighted by molar-refractivity contribution is -0.137. The highest BCUT2D eigenvalue weighted by molar-refractivity contribution is 5.95. The standard InChI is InChI=1S/C17H25N5O3/c18-16(19)13-4-6-14(7-5-13)21-9-11-22(12-10-21)17(25)20-8-2-1-3-15(23)24/h4-7H,1-3,8-12H2,(H3,18,19)(H,20,25)(H,23,24). The molecule has 0 aliphatic carbocycles. The molecule has 0 radical (unpaired) electrons. The summed E-state index contributed by atoms with van der Waals surface area (Å²) in [6.45, 7) is 3.25. The Bertz CT molecular complexity index is 609. The number of amidine groups is 1. The predicted molar refractivity (Wildman–Crippen MR) is 96.1 cm³/mol. The summed E-state index contributed by atoms with van der Waals surface area (Å²) in [4.78, 5) is 26.5. The lowest BCUT2D eigenvalue weighted by Crippen LogP contribution is -2.52. The second kappa shape index (κ2) is 8.91. The Balaban J connectivity index is 1.72. The van der Waals surface area contributed by atoms with Gasteiger partial charge in [-0.05, 0) is 37.1 Å².